The van der Waals surface area contributed by atoms with Gasteiger partial charge in [0, 0.05) is 38.0 Å². The minimum Gasteiger partial charge on any atom is -0.383 e. The van der Waals surface area contributed by atoms with Crippen LogP contribution in [0, 0.1) is 0 Å². The molecule has 0 heterocycles. The van der Waals surface area contributed by atoms with E-state index in [-0.39, 0.29) is 17.3 Å². The third-order valence-corrected chi connectivity index (χ3v) is 3.59. The van der Waals surface area contributed by atoms with E-state index in [0.29, 0.717) is 13.2 Å². The van der Waals surface area contributed by atoms with Gasteiger partial charge in [-0.1, -0.05) is 0 Å². The molecule has 0 aliphatic carbocycles. The van der Waals surface area contributed by atoms with Crippen molar-refractivity contribution in [1.29, 1.82) is 0 Å². The second-order valence-electron chi connectivity index (χ2n) is 5.85. The number of sulfone groups is 1. The molecule has 1 unspecified atom stereocenters. The summed E-state index contributed by atoms with van der Waals surface area (Å²) in [7, 11) is 0.677. The Balaban J connectivity index is 4.31. The number of nitrogens with one attached hydrogen (secondary N) is 1. The lowest BCUT2D eigenvalue weighted by Crippen LogP contribution is -2.49. The molecular formula is C12H28N2O3S. The summed E-state index contributed by atoms with van der Waals surface area (Å²) in [6.45, 7) is 8.20. The maximum atomic E-state index is 11.2. The van der Waals surface area contributed by atoms with E-state index in [9.17, 15) is 8.42 Å². The van der Waals surface area contributed by atoms with Crippen LogP contribution < -0.4 is 5.32 Å². The SMILES string of the molecule is COCC(CNC(C)(C)C)N(C)CCS(C)(=O)=O. The van der Waals surface area contributed by atoms with Crippen LogP contribution in [0.25, 0.3) is 0 Å². The summed E-state index contributed by atoms with van der Waals surface area (Å²) in [6.07, 6.45) is 1.26. The number of hydrogen-bond donors (Lipinski definition) is 1. The Kier molecular flexibility index (Phi) is 7.36. The number of methoxy groups -OCH3 is 1. The fraction of sp³-hybridized carbons (Fsp3) is 1.00. The number of hydrogen-bond acceptors (Lipinski definition) is 5. The van der Waals surface area contributed by atoms with Crippen molar-refractivity contribution < 1.29 is 13.2 Å². The molecule has 110 valence electrons. The van der Waals surface area contributed by atoms with E-state index in [1.54, 1.807) is 7.11 Å². The maximum absolute atomic E-state index is 11.2. The minimum atomic E-state index is -2.91. The quantitative estimate of drug-likeness (QED) is 0.696. The molecule has 5 nitrogen and oxygen atoms in total. The first-order chi connectivity index (χ1) is 8.05. The Morgan fingerprint density at radius 2 is 1.89 bits per heavy atom. The zero-order chi connectivity index (χ0) is 14.4. The highest BCUT2D eigenvalue weighted by Crippen LogP contribution is 2.03. The number of nitrogens with zero attached hydrogens (tertiary/aromatic N) is 1. The second-order valence-corrected chi connectivity index (χ2v) is 8.11. The summed E-state index contributed by atoms with van der Waals surface area (Å²) in [5.41, 5.74) is 0.0453. The highest BCUT2D eigenvalue weighted by molar-refractivity contribution is 7.90. The summed E-state index contributed by atoms with van der Waals surface area (Å²) >= 11 is 0. The smallest absolute Gasteiger partial charge is 0.148 e. The summed E-state index contributed by atoms with van der Waals surface area (Å²) in [5, 5.41) is 3.41. The lowest BCUT2D eigenvalue weighted by Gasteiger charge is -2.31. The van der Waals surface area contributed by atoms with E-state index in [4.69, 9.17) is 4.74 Å². The average Bonchev–Trinajstić information content (AvgIpc) is 2.18. The summed E-state index contributed by atoms with van der Waals surface area (Å²) in [5.74, 6) is 0.180. The first kappa shape index (κ1) is 17.8. The Bertz CT molecular complexity index is 323. The van der Waals surface area contributed by atoms with E-state index < -0.39 is 9.84 Å². The van der Waals surface area contributed by atoms with Gasteiger partial charge in [0.1, 0.15) is 9.84 Å². The van der Waals surface area contributed by atoms with Crippen LogP contribution in [0.5, 0.6) is 0 Å². The van der Waals surface area contributed by atoms with Crippen LogP contribution in [-0.2, 0) is 14.6 Å². The summed E-state index contributed by atoms with van der Waals surface area (Å²) in [4.78, 5) is 2.03. The van der Waals surface area contributed by atoms with Crippen LogP contribution in [0.1, 0.15) is 20.8 Å². The molecule has 0 rings (SSSR count). The molecule has 0 spiro atoms. The molecule has 0 radical (unpaired) electrons. The van der Waals surface area contributed by atoms with Gasteiger partial charge in [-0.15, -0.1) is 0 Å². The lowest BCUT2D eigenvalue weighted by atomic mass is 10.1. The van der Waals surface area contributed by atoms with Gasteiger partial charge in [-0.3, -0.25) is 4.90 Å². The molecular weight excluding hydrogens is 252 g/mol. The number of ether oxygens (including phenoxy) is 1. The molecule has 1 atom stereocenters. The van der Waals surface area contributed by atoms with Crippen molar-refractivity contribution in [3.8, 4) is 0 Å². The summed E-state index contributed by atoms with van der Waals surface area (Å²) in [6, 6.07) is 0.177. The van der Waals surface area contributed by atoms with E-state index in [1.165, 1.54) is 6.26 Å². The van der Waals surface area contributed by atoms with Crippen LogP contribution in [0.15, 0.2) is 0 Å². The largest absolute Gasteiger partial charge is 0.383 e. The Labute approximate surface area is 112 Å². The molecule has 18 heavy (non-hydrogen) atoms. The zero-order valence-corrected chi connectivity index (χ0v) is 13.3. The van der Waals surface area contributed by atoms with Crippen molar-refractivity contribution in [2.24, 2.45) is 0 Å². The number of likely N-dealkylation sites (N-methyl/N-ethyl adjacent to an activating group) is 1. The fourth-order valence-electron chi connectivity index (χ4n) is 1.45. The predicted octanol–water partition coefficient (Wildman–Crippen LogP) is 0.366. The molecule has 0 aliphatic rings. The normalized spacial score (nSPS) is 15.1. The van der Waals surface area contributed by atoms with Crippen molar-refractivity contribution >= 4 is 9.84 Å². The van der Waals surface area contributed by atoms with E-state index in [1.807, 2.05) is 11.9 Å². The van der Waals surface area contributed by atoms with Gasteiger partial charge < -0.3 is 10.1 Å². The minimum absolute atomic E-state index is 0.0453. The average molecular weight is 280 g/mol. The molecule has 0 bridgehead atoms. The third kappa shape index (κ3) is 9.82. The molecule has 6 heteroatoms. The Morgan fingerprint density at radius 1 is 1.33 bits per heavy atom. The van der Waals surface area contributed by atoms with Gasteiger partial charge in [0.2, 0.25) is 0 Å². The van der Waals surface area contributed by atoms with Crippen LogP contribution in [0.4, 0.5) is 0 Å². The predicted molar refractivity (Wildman–Crippen MR) is 75.8 cm³/mol. The molecule has 0 aliphatic heterocycles. The van der Waals surface area contributed by atoms with Crippen molar-refractivity contribution in [1.82, 2.24) is 10.2 Å². The maximum Gasteiger partial charge on any atom is 0.148 e. The zero-order valence-electron chi connectivity index (χ0n) is 12.5. The molecule has 0 fully saturated rings. The Hall–Kier alpha value is -0.170. The first-order valence-electron chi connectivity index (χ1n) is 6.17. The second kappa shape index (κ2) is 7.43. The van der Waals surface area contributed by atoms with Crippen LogP contribution in [0.2, 0.25) is 0 Å². The third-order valence-electron chi connectivity index (χ3n) is 2.67. The monoisotopic (exact) mass is 280 g/mol. The molecule has 0 amide bonds. The first-order valence-corrected chi connectivity index (χ1v) is 8.23. The molecule has 1 N–H and O–H groups in total. The number of rotatable bonds is 8. The van der Waals surface area contributed by atoms with Gasteiger partial charge in [0.15, 0.2) is 0 Å². The highest BCUT2D eigenvalue weighted by atomic mass is 32.2. The van der Waals surface area contributed by atoms with Crippen LogP contribution >= 0.6 is 0 Å². The van der Waals surface area contributed by atoms with Gasteiger partial charge in [0.25, 0.3) is 0 Å². The van der Waals surface area contributed by atoms with Gasteiger partial charge in [-0.25, -0.2) is 8.42 Å². The molecule has 0 aromatic heterocycles. The van der Waals surface area contributed by atoms with Crippen molar-refractivity contribution in [2.75, 3.05) is 45.9 Å². The van der Waals surface area contributed by atoms with Gasteiger partial charge in [0.05, 0.1) is 12.4 Å². The fourth-order valence-corrected chi connectivity index (χ4v) is 2.07. The van der Waals surface area contributed by atoms with Gasteiger partial charge in [-0.2, -0.15) is 0 Å². The standard InChI is InChI=1S/C12H28N2O3S/c1-12(2,3)13-9-11(10-17-5)14(4)7-8-18(6,15)16/h11,13H,7-10H2,1-6H3. The van der Waals surface area contributed by atoms with Crippen molar-refractivity contribution in [3.05, 3.63) is 0 Å². The van der Waals surface area contributed by atoms with Gasteiger partial charge >= 0.3 is 0 Å². The summed E-state index contributed by atoms with van der Waals surface area (Å²) < 4.78 is 27.5. The van der Waals surface area contributed by atoms with E-state index in [2.05, 4.69) is 26.1 Å². The van der Waals surface area contributed by atoms with E-state index in [0.717, 1.165) is 6.54 Å². The Morgan fingerprint density at radius 3 is 2.28 bits per heavy atom. The molecule has 0 aromatic carbocycles. The molecule has 0 aromatic rings. The van der Waals surface area contributed by atoms with Gasteiger partial charge in [-0.05, 0) is 27.8 Å². The highest BCUT2D eigenvalue weighted by Gasteiger charge is 2.18. The van der Waals surface area contributed by atoms with Crippen molar-refractivity contribution in [3.63, 3.8) is 0 Å². The molecule has 0 saturated heterocycles. The van der Waals surface area contributed by atoms with Crippen molar-refractivity contribution in [2.45, 2.75) is 32.4 Å². The van der Waals surface area contributed by atoms with Crippen LogP contribution in [0.3, 0.4) is 0 Å². The lowest BCUT2D eigenvalue weighted by molar-refractivity contribution is 0.104. The topological polar surface area (TPSA) is 58.6 Å². The molecule has 0 saturated carbocycles. The van der Waals surface area contributed by atoms with E-state index >= 15 is 0 Å². The van der Waals surface area contributed by atoms with Crippen LogP contribution in [-0.4, -0.2) is 70.8 Å².